The van der Waals surface area contributed by atoms with Gasteiger partial charge in [-0.3, -0.25) is 4.79 Å². The molecular weight excluding hydrogens is 459 g/mol. The van der Waals surface area contributed by atoms with Crippen LogP contribution in [0.2, 0.25) is 0 Å². The van der Waals surface area contributed by atoms with Crippen LogP contribution in [-0.4, -0.2) is 63.9 Å². The quantitative estimate of drug-likeness (QED) is 0.559. The van der Waals surface area contributed by atoms with Gasteiger partial charge in [-0.2, -0.15) is 13.2 Å². The maximum absolute atomic E-state index is 13.1. The first-order valence-electron chi connectivity index (χ1n) is 10.4. The molecule has 0 atom stereocenters. The number of sulfonamides is 1. The SMILES string of the molecule is CN(C)S(=O)(=O)c1ccc(N2CCCC2)c(C(=O)NCCNc2ncccc2C(F)(F)F)c1. The Morgan fingerprint density at radius 2 is 1.85 bits per heavy atom. The maximum atomic E-state index is 13.1. The largest absolute Gasteiger partial charge is 0.419 e. The van der Waals surface area contributed by atoms with Crippen molar-refractivity contribution in [1.29, 1.82) is 0 Å². The van der Waals surface area contributed by atoms with Crippen molar-refractivity contribution in [3.05, 3.63) is 47.7 Å². The molecule has 2 heterocycles. The van der Waals surface area contributed by atoms with E-state index >= 15 is 0 Å². The molecule has 0 aliphatic carbocycles. The molecule has 1 amide bonds. The summed E-state index contributed by atoms with van der Waals surface area (Å²) >= 11 is 0. The number of pyridine rings is 1. The normalized spacial score (nSPS) is 14.5. The Hall–Kier alpha value is -2.86. The second kappa shape index (κ2) is 9.96. The minimum atomic E-state index is -4.55. The van der Waals surface area contributed by atoms with E-state index in [1.54, 1.807) is 6.07 Å². The Balaban J connectivity index is 1.75. The van der Waals surface area contributed by atoms with Crippen LogP contribution in [0.25, 0.3) is 0 Å². The van der Waals surface area contributed by atoms with E-state index in [0.717, 1.165) is 36.3 Å². The van der Waals surface area contributed by atoms with Gasteiger partial charge in [-0.15, -0.1) is 0 Å². The summed E-state index contributed by atoms with van der Waals surface area (Å²) in [6.07, 6.45) is -1.37. The Morgan fingerprint density at radius 3 is 2.48 bits per heavy atom. The first-order valence-corrected chi connectivity index (χ1v) is 11.8. The van der Waals surface area contributed by atoms with Crippen LogP contribution in [0.15, 0.2) is 41.4 Å². The lowest BCUT2D eigenvalue weighted by Gasteiger charge is -2.22. The number of nitrogens with zero attached hydrogens (tertiary/aromatic N) is 3. The van der Waals surface area contributed by atoms with E-state index in [2.05, 4.69) is 15.6 Å². The van der Waals surface area contributed by atoms with E-state index in [4.69, 9.17) is 0 Å². The number of amides is 1. The third kappa shape index (κ3) is 5.74. The Morgan fingerprint density at radius 1 is 1.15 bits per heavy atom. The first-order chi connectivity index (χ1) is 15.5. The van der Waals surface area contributed by atoms with Gasteiger partial charge in [0.25, 0.3) is 5.91 Å². The van der Waals surface area contributed by atoms with Crippen LogP contribution in [0.5, 0.6) is 0 Å². The first kappa shape index (κ1) is 24.8. The number of nitrogens with one attached hydrogen (secondary N) is 2. The average molecular weight is 486 g/mol. The third-order valence-electron chi connectivity index (χ3n) is 5.25. The van der Waals surface area contributed by atoms with Gasteiger partial charge in [0.15, 0.2) is 0 Å². The molecule has 1 aliphatic rings. The second-order valence-corrected chi connectivity index (χ2v) is 9.89. The van der Waals surface area contributed by atoms with Gasteiger partial charge in [0.1, 0.15) is 5.82 Å². The Bertz CT molecular complexity index is 1100. The summed E-state index contributed by atoms with van der Waals surface area (Å²) in [5.74, 6) is -0.831. The molecule has 8 nitrogen and oxygen atoms in total. The molecule has 0 spiro atoms. The van der Waals surface area contributed by atoms with E-state index in [1.807, 2.05) is 4.90 Å². The Labute approximate surface area is 190 Å². The number of anilines is 2. The highest BCUT2D eigenvalue weighted by Crippen LogP contribution is 2.33. The third-order valence-corrected chi connectivity index (χ3v) is 7.07. The van der Waals surface area contributed by atoms with E-state index in [9.17, 15) is 26.4 Å². The summed E-state index contributed by atoms with van der Waals surface area (Å²) in [5, 5.41) is 5.24. The summed E-state index contributed by atoms with van der Waals surface area (Å²) in [6, 6.07) is 6.56. The highest BCUT2D eigenvalue weighted by molar-refractivity contribution is 7.89. The van der Waals surface area contributed by atoms with Crippen LogP contribution in [0, 0.1) is 0 Å². The van der Waals surface area contributed by atoms with Crippen LogP contribution in [0.4, 0.5) is 24.7 Å². The van der Waals surface area contributed by atoms with Crippen molar-refractivity contribution in [2.45, 2.75) is 23.9 Å². The van der Waals surface area contributed by atoms with Crippen molar-refractivity contribution >= 4 is 27.4 Å². The number of alkyl halides is 3. The van der Waals surface area contributed by atoms with Gasteiger partial charge in [-0.1, -0.05) is 0 Å². The van der Waals surface area contributed by atoms with E-state index in [-0.39, 0.29) is 29.4 Å². The highest BCUT2D eigenvalue weighted by atomic mass is 32.2. The number of rotatable bonds is 8. The molecule has 1 fully saturated rings. The zero-order valence-corrected chi connectivity index (χ0v) is 19.1. The predicted octanol–water partition coefficient (Wildman–Crippen LogP) is 2.79. The molecule has 0 bridgehead atoms. The molecule has 1 saturated heterocycles. The van der Waals surface area contributed by atoms with E-state index < -0.39 is 27.7 Å². The van der Waals surface area contributed by atoms with E-state index in [1.165, 1.54) is 38.5 Å². The summed E-state index contributed by atoms with van der Waals surface area (Å²) in [6.45, 7) is 1.51. The fraction of sp³-hybridized carbons (Fsp3) is 0.429. The van der Waals surface area contributed by atoms with Gasteiger partial charge in [0.05, 0.1) is 16.0 Å². The van der Waals surface area contributed by atoms with Crippen molar-refractivity contribution in [2.75, 3.05) is 50.5 Å². The molecule has 0 radical (unpaired) electrons. The molecule has 12 heteroatoms. The van der Waals surface area contributed by atoms with Crippen molar-refractivity contribution in [2.24, 2.45) is 0 Å². The lowest BCUT2D eigenvalue weighted by atomic mass is 10.1. The van der Waals surface area contributed by atoms with Gasteiger partial charge >= 0.3 is 6.18 Å². The van der Waals surface area contributed by atoms with Crippen LogP contribution in [0.1, 0.15) is 28.8 Å². The molecule has 1 aromatic carbocycles. The zero-order chi connectivity index (χ0) is 24.2. The number of hydrogen-bond donors (Lipinski definition) is 2. The van der Waals surface area contributed by atoms with Gasteiger partial charge < -0.3 is 15.5 Å². The standard InChI is InChI=1S/C21H26F3N5O3S/c1-28(2)33(31,32)15-7-8-18(29-12-3-4-13-29)16(14-15)20(30)27-11-10-26-19-17(21(22,23)24)6-5-9-25-19/h5-9,14H,3-4,10-13H2,1-2H3,(H,25,26)(H,27,30). The molecular formula is C21H26F3N5O3S. The zero-order valence-electron chi connectivity index (χ0n) is 18.3. The monoisotopic (exact) mass is 485 g/mol. The van der Waals surface area contributed by atoms with Gasteiger partial charge in [-0.05, 0) is 43.2 Å². The number of carbonyl (C=O) groups excluding carboxylic acids is 1. The van der Waals surface area contributed by atoms with Crippen LogP contribution in [-0.2, 0) is 16.2 Å². The van der Waals surface area contributed by atoms with E-state index in [0.29, 0.717) is 5.69 Å². The molecule has 2 aromatic rings. The van der Waals surface area contributed by atoms with Crippen LogP contribution < -0.4 is 15.5 Å². The summed E-state index contributed by atoms with van der Waals surface area (Å²) in [4.78, 5) is 18.7. The minimum Gasteiger partial charge on any atom is -0.371 e. The van der Waals surface area contributed by atoms with Crippen molar-refractivity contribution in [1.82, 2.24) is 14.6 Å². The maximum Gasteiger partial charge on any atom is 0.419 e. The van der Waals surface area contributed by atoms with Gasteiger partial charge in [-0.25, -0.2) is 17.7 Å². The molecule has 0 saturated carbocycles. The molecule has 2 N–H and O–H groups in total. The fourth-order valence-electron chi connectivity index (χ4n) is 3.53. The van der Waals surface area contributed by atoms with Crippen molar-refractivity contribution in [3.8, 4) is 0 Å². The molecule has 1 aliphatic heterocycles. The predicted molar refractivity (Wildman–Crippen MR) is 119 cm³/mol. The molecule has 0 unspecified atom stereocenters. The number of halogens is 3. The Kier molecular flexibility index (Phi) is 7.48. The molecule has 1 aromatic heterocycles. The van der Waals surface area contributed by atoms with Crippen molar-refractivity contribution in [3.63, 3.8) is 0 Å². The second-order valence-electron chi connectivity index (χ2n) is 7.74. The average Bonchev–Trinajstić information content (AvgIpc) is 3.30. The van der Waals surface area contributed by atoms with Crippen molar-refractivity contribution < 1.29 is 26.4 Å². The minimum absolute atomic E-state index is 0.000564. The van der Waals surface area contributed by atoms with Gasteiger partial charge in [0.2, 0.25) is 10.0 Å². The molecule has 3 rings (SSSR count). The summed E-state index contributed by atoms with van der Waals surface area (Å²) < 4.78 is 65.4. The topological polar surface area (TPSA) is 94.6 Å². The summed E-state index contributed by atoms with van der Waals surface area (Å²) in [7, 11) is -0.936. The number of hydrogen-bond acceptors (Lipinski definition) is 6. The van der Waals surface area contributed by atoms with Crippen LogP contribution >= 0.6 is 0 Å². The number of carbonyl (C=O) groups is 1. The van der Waals surface area contributed by atoms with Gasteiger partial charge in [0, 0.05) is 52.2 Å². The number of benzene rings is 1. The molecule has 33 heavy (non-hydrogen) atoms. The lowest BCUT2D eigenvalue weighted by Crippen LogP contribution is -2.32. The highest BCUT2D eigenvalue weighted by Gasteiger charge is 2.34. The molecule has 180 valence electrons. The fourth-order valence-corrected chi connectivity index (χ4v) is 4.46. The van der Waals surface area contributed by atoms with Crippen LogP contribution in [0.3, 0.4) is 0 Å². The lowest BCUT2D eigenvalue weighted by molar-refractivity contribution is -0.137. The number of aromatic nitrogens is 1. The smallest absolute Gasteiger partial charge is 0.371 e. The summed E-state index contributed by atoms with van der Waals surface area (Å²) in [5.41, 5.74) is -0.0670.